The Morgan fingerprint density at radius 1 is 1.38 bits per heavy atom. The Balaban J connectivity index is 2.59. The molecule has 1 atom stereocenters. The van der Waals surface area contributed by atoms with Gasteiger partial charge in [0.25, 0.3) is 0 Å². The van der Waals surface area contributed by atoms with Crippen molar-refractivity contribution in [2.45, 2.75) is 13.0 Å². The fourth-order valence-electron chi connectivity index (χ4n) is 0.979. The van der Waals surface area contributed by atoms with E-state index in [0.29, 0.717) is 5.69 Å². The Hall–Kier alpha value is -1.56. The van der Waals surface area contributed by atoms with Crippen LogP contribution in [0.3, 0.4) is 0 Å². The number of para-hydroxylation sites is 1. The number of rotatable bonds is 3. The zero-order valence-electron chi connectivity index (χ0n) is 8.53. The third-order valence-corrected chi connectivity index (χ3v) is 2.53. The number of amides is 2. The number of hydrogen-bond donors (Lipinski definition) is 3. The fourth-order valence-corrected chi connectivity index (χ4v) is 1.36. The van der Waals surface area contributed by atoms with Crippen molar-refractivity contribution in [3.05, 3.63) is 28.7 Å². The van der Waals surface area contributed by atoms with Crippen LogP contribution in [-0.2, 0) is 4.79 Å². The van der Waals surface area contributed by atoms with Gasteiger partial charge >= 0.3 is 12.0 Å². The van der Waals surface area contributed by atoms with Gasteiger partial charge in [-0.25, -0.2) is 4.79 Å². The average Bonchev–Trinajstić information content (AvgIpc) is 2.21. The number of urea groups is 1. The van der Waals surface area contributed by atoms with Gasteiger partial charge in [0.15, 0.2) is 0 Å². The van der Waals surface area contributed by atoms with Gasteiger partial charge < -0.3 is 15.7 Å². The summed E-state index contributed by atoms with van der Waals surface area (Å²) in [5.74, 6) is -1.08. The van der Waals surface area contributed by atoms with Crippen molar-refractivity contribution in [3.63, 3.8) is 0 Å². The molecule has 86 valence electrons. The molecule has 6 heteroatoms. The predicted molar refractivity (Wildman–Crippen MR) is 63.4 cm³/mol. The number of benzene rings is 1. The third-order valence-electron chi connectivity index (χ3n) is 1.84. The van der Waals surface area contributed by atoms with Gasteiger partial charge in [-0.1, -0.05) is 12.1 Å². The van der Waals surface area contributed by atoms with Crippen LogP contribution in [0.2, 0.25) is 0 Å². The Labute approximate surface area is 101 Å². The van der Waals surface area contributed by atoms with Crippen LogP contribution in [0.5, 0.6) is 0 Å². The molecule has 0 fully saturated rings. The number of anilines is 1. The number of carboxylic acid groups (broad SMARTS) is 1. The zero-order valence-corrected chi connectivity index (χ0v) is 10.1. The molecule has 0 aliphatic heterocycles. The van der Waals surface area contributed by atoms with Gasteiger partial charge in [0.2, 0.25) is 0 Å². The first-order valence-corrected chi connectivity index (χ1v) is 5.35. The highest BCUT2D eigenvalue weighted by atomic mass is 79.9. The van der Waals surface area contributed by atoms with Crippen molar-refractivity contribution in [1.29, 1.82) is 0 Å². The van der Waals surface area contributed by atoms with Crippen molar-refractivity contribution in [3.8, 4) is 0 Å². The minimum atomic E-state index is -1.08. The van der Waals surface area contributed by atoms with Crippen LogP contribution in [-0.4, -0.2) is 23.1 Å². The first kappa shape index (κ1) is 12.5. The van der Waals surface area contributed by atoms with Crippen molar-refractivity contribution >= 4 is 33.6 Å². The van der Waals surface area contributed by atoms with Crippen LogP contribution in [0.4, 0.5) is 10.5 Å². The van der Waals surface area contributed by atoms with Crippen LogP contribution in [0.25, 0.3) is 0 Å². The molecule has 1 aromatic carbocycles. The molecule has 0 aromatic heterocycles. The van der Waals surface area contributed by atoms with Gasteiger partial charge in [-0.05, 0) is 35.0 Å². The van der Waals surface area contributed by atoms with E-state index < -0.39 is 18.0 Å². The summed E-state index contributed by atoms with van der Waals surface area (Å²) in [6, 6.07) is 5.57. The lowest BCUT2D eigenvalue weighted by Crippen LogP contribution is -2.40. The van der Waals surface area contributed by atoms with Gasteiger partial charge in [0, 0.05) is 4.47 Å². The number of halogens is 1. The monoisotopic (exact) mass is 286 g/mol. The highest BCUT2D eigenvalue weighted by Gasteiger charge is 2.14. The molecule has 1 rings (SSSR count). The molecule has 0 radical (unpaired) electrons. The number of carbonyl (C=O) groups is 2. The maximum Gasteiger partial charge on any atom is 0.325 e. The molecular weight excluding hydrogens is 276 g/mol. The number of hydrogen-bond acceptors (Lipinski definition) is 2. The maximum absolute atomic E-state index is 11.4. The second-order valence-corrected chi connectivity index (χ2v) is 3.99. The molecule has 0 bridgehead atoms. The van der Waals surface area contributed by atoms with Gasteiger partial charge in [-0.2, -0.15) is 0 Å². The number of carboxylic acids is 1. The number of nitrogens with one attached hydrogen (secondary N) is 2. The Morgan fingerprint density at radius 2 is 2.00 bits per heavy atom. The Morgan fingerprint density at radius 3 is 2.56 bits per heavy atom. The number of aliphatic carboxylic acids is 1. The third kappa shape index (κ3) is 3.54. The lowest BCUT2D eigenvalue weighted by atomic mass is 10.3. The molecule has 3 N–H and O–H groups in total. The van der Waals surface area contributed by atoms with E-state index in [1.807, 2.05) is 6.07 Å². The van der Waals surface area contributed by atoms with E-state index in [2.05, 4.69) is 26.6 Å². The normalized spacial score (nSPS) is 11.6. The first-order chi connectivity index (χ1) is 7.50. The average molecular weight is 287 g/mol. The lowest BCUT2D eigenvalue weighted by molar-refractivity contribution is -0.138. The number of carbonyl (C=O) groups excluding carboxylic acids is 1. The summed E-state index contributed by atoms with van der Waals surface area (Å²) in [5, 5.41) is 13.4. The van der Waals surface area contributed by atoms with E-state index in [-0.39, 0.29) is 0 Å². The maximum atomic E-state index is 11.4. The van der Waals surface area contributed by atoms with Crippen molar-refractivity contribution in [1.82, 2.24) is 5.32 Å². The summed E-state index contributed by atoms with van der Waals surface area (Å²) in [5.41, 5.74) is 0.581. The van der Waals surface area contributed by atoms with E-state index in [4.69, 9.17) is 5.11 Å². The molecule has 0 spiro atoms. The predicted octanol–water partition coefficient (Wildman–Crippen LogP) is 2.04. The molecule has 5 nitrogen and oxygen atoms in total. The largest absolute Gasteiger partial charge is 0.480 e. The molecule has 16 heavy (non-hydrogen) atoms. The summed E-state index contributed by atoms with van der Waals surface area (Å²) in [6.07, 6.45) is 0. The van der Waals surface area contributed by atoms with E-state index in [0.717, 1.165) is 4.47 Å². The minimum absolute atomic E-state index is 0.554. The molecule has 0 saturated carbocycles. The Bertz CT molecular complexity index is 409. The summed E-state index contributed by atoms with van der Waals surface area (Å²) in [6.45, 7) is 1.39. The standard InChI is InChI=1S/C10H11BrN2O3/c1-6(9(14)15)12-10(16)13-8-5-3-2-4-7(8)11/h2-6H,1H3,(H,14,15)(H2,12,13,16)/t6-/m1/s1. The van der Waals surface area contributed by atoms with E-state index >= 15 is 0 Å². The molecule has 0 aliphatic rings. The molecule has 2 amide bonds. The lowest BCUT2D eigenvalue weighted by Gasteiger charge is -2.11. The SMILES string of the molecule is C[C@@H](NC(=O)Nc1ccccc1Br)C(=O)O. The van der Waals surface area contributed by atoms with E-state index in [9.17, 15) is 9.59 Å². The molecule has 0 unspecified atom stereocenters. The summed E-state index contributed by atoms with van der Waals surface area (Å²) in [4.78, 5) is 21.9. The first-order valence-electron chi connectivity index (χ1n) is 4.55. The zero-order chi connectivity index (χ0) is 12.1. The van der Waals surface area contributed by atoms with Crippen molar-refractivity contribution in [2.24, 2.45) is 0 Å². The van der Waals surface area contributed by atoms with E-state index in [1.165, 1.54) is 6.92 Å². The second-order valence-electron chi connectivity index (χ2n) is 3.14. The molecule has 0 aliphatic carbocycles. The fraction of sp³-hybridized carbons (Fsp3) is 0.200. The molecular formula is C10H11BrN2O3. The van der Waals surface area contributed by atoms with Crippen LogP contribution < -0.4 is 10.6 Å². The van der Waals surface area contributed by atoms with Gasteiger partial charge in [0.1, 0.15) is 6.04 Å². The summed E-state index contributed by atoms with van der Waals surface area (Å²) >= 11 is 3.26. The van der Waals surface area contributed by atoms with Crippen LogP contribution in [0.1, 0.15) is 6.92 Å². The molecule has 0 heterocycles. The van der Waals surface area contributed by atoms with Crippen LogP contribution in [0.15, 0.2) is 28.7 Å². The molecule has 0 saturated heterocycles. The highest BCUT2D eigenvalue weighted by molar-refractivity contribution is 9.10. The smallest absolute Gasteiger partial charge is 0.325 e. The Kier molecular flexibility index (Phi) is 4.30. The summed E-state index contributed by atoms with van der Waals surface area (Å²) in [7, 11) is 0. The molecule has 1 aromatic rings. The quantitative estimate of drug-likeness (QED) is 0.796. The van der Waals surface area contributed by atoms with Gasteiger partial charge in [-0.15, -0.1) is 0 Å². The minimum Gasteiger partial charge on any atom is -0.480 e. The topological polar surface area (TPSA) is 78.4 Å². The van der Waals surface area contributed by atoms with Crippen LogP contribution >= 0.6 is 15.9 Å². The van der Waals surface area contributed by atoms with Crippen molar-refractivity contribution < 1.29 is 14.7 Å². The highest BCUT2D eigenvalue weighted by Crippen LogP contribution is 2.20. The van der Waals surface area contributed by atoms with Gasteiger partial charge in [0.05, 0.1) is 5.69 Å². The van der Waals surface area contributed by atoms with Gasteiger partial charge in [-0.3, -0.25) is 4.79 Å². The van der Waals surface area contributed by atoms with Crippen LogP contribution in [0, 0.1) is 0 Å². The van der Waals surface area contributed by atoms with Crippen molar-refractivity contribution in [2.75, 3.05) is 5.32 Å². The van der Waals surface area contributed by atoms with E-state index in [1.54, 1.807) is 18.2 Å². The second kappa shape index (κ2) is 5.50. The summed E-state index contributed by atoms with van der Waals surface area (Å²) < 4.78 is 0.730.